The maximum Gasteiger partial charge on any atom is 0.131 e. The Morgan fingerprint density at radius 1 is 1.67 bits per heavy atom. The number of fused-ring (bicyclic) bond motifs is 1. The number of rotatable bonds is 0. The maximum atomic E-state index is 4.32. The molecule has 0 aromatic carbocycles. The first-order chi connectivity index (χ1) is 5.68. The molecule has 0 saturated carbocycles. The summed E-state index contributed by atoms with van der Waals surface area (Å²) in [6.07, 6.45) is 1.07. The van der Waals surface area contributed by atoms with Crippen LogP contribution in [0.4, 0.5) is 0 Å². The number of aromatic nitrogens is 2. The molecule has 1 aliphatic rings. The first kappa shape index (κ1) is 8.26. The molecule has 1 aliphatic heterocycles. The fourth-order valence-electron chi connectivity index (χ4n) is 1.64. The summed E-state index contributed by atoms with van der Waals surface area (Å²) in [4.78, 5) is 0. The lowest BCUT2D eigenvalue weighted by molar-refractivity contribution is 0.494. The number of hydrogen-bond acceptors (Lipinski definition) is 2. The second kappa shape index (κ2) is 2.85. The number of aryl methyl sites for hydroxylation is 1. The Balaban J connectivity index is 2.45. The second-order valence-corrected chi connectivity index (χ2v) is 4.08. The molecule has 66 valence electrons. The molecule has 3 nitrogen and oxygen atoms in total. The van der Waals surface area contributed by atoms with Crippen molar-refractivity contribution in [1.82, 2.24) is 15.1 Å². The minimum atomic E-state index is 0.568. The molecule has 12 heavy (non-hydrogen) atoms. The summed E-state index contributed by atoms with van der Waals surface area (Å²) in [7, 11) is 1.99. The molecular weight excluding hydrogens is 218 g/mol. The van der Waals surface area contributed by atoms with Crippen LogP contribution in [-0.2, 0) is 20.0 Å². The van der Waals surface area contributed by atoms with Gasteiger partial charge in [0.2, 0.25) is 0 Å². The van der Waals surface area contributed by atoms with Gasteiger partial charge in [-0.15, -0.1) is 0 Å². The van der Waals surface area contributed by atoms with E-state index in [2.05, 4.69) is 33.3 Å². The van der Waals surface area contributed by atoms with Crippen LogP contribution in [0.5, 0.6) is 0 Å². The summed E-state index contributed by atoms with van der Waals surface area (Å²) in [5, 5.41) is 7.73. The Labute approximate surface area is 80.3 Å². The standard InChI is InChI=1S/C8H12BrN3/c1-5-3-6-7(4-10-5)12(2)11-8(6)9/h5,10H,3-4H2,1-2H3. The smallest absolute Gasteiger partial charge is 0.131 e. The summed E-state index contributed by atoms with van der Waals surface area (Å²) in [6, 6.07) is 0.568. The largest absolute Gasteiger partial charge is 0.308 e. The minimum absolute atomic E-state index is 0.568. The lowest BCUT2D eigenvalue weighted by Gasteiger charge is -2.20. The van der Waals surface area contributed by atoms with Gasteiger partial charge in [0.05, 0.1) is 5.69 Å². The van der Waals surface area contributed by atoms with Gasteiger partial charge in [-0.05, 0) is 29.3 Å². The first-order valence-corrected chi connectivity index (χ1v) is 4.91. The van der Waals surface area contributed by atoms with Crippen LogP contribution in [0.1, 0.15) is 18.2 Å². The maximum absolute atomic E-state index is 4.32. The van der Waals surface area contributed by atoms with Crippen molar-refractivity contribution in [2.45, 2.75) is 25.9 Å². The highest BCUT2D eigenvalue weighted by atomic mass is 79.9. The third-order valence-corrected chi connectivity index (χ3v) is 2.99. The summed E-state index contributed by atoms with van der Waals surface area (Å²) >= 11 is 3.47. The van der Waals surface area contributed by atoms with E-state index in [1.54, 1.807) is 0 Å². The van der Waals surface area contributed by atoms with Gasteiger partial charge in [-0.3, -0.25) is 4.68 Å². The van der Waals surface area contributed by atoms with Gasteiger partial charge in [0.1, 0.15) is 4.60 Å². The highest BCUT2D eigenvalue weighted by molar-refractivity contribution is 9.10. The van der Waals surface area contributed by atoms with Gasteiger partial charge < -0.3 is 5.32 Å². The quantitative estimate of drug-likeness (QED) is 0.726. The summed E-state index contributed by atoms with van der Waals surface area (Å²) < 4.78 is 2.95. The molecule has 1 aromatic heterocycles. The molecule has 0 radical (unpaired) electrons. The Bertz CT molecular complexity index is 305. The summed E-state index contributed by atoms with van der Waals surface area (Å²) in [5.74, 6) is 0. The van der Waals surface area contributed by atoms with Crippen LogP contribution in [0.3, 0.4) is 0 Å². The van der Waals surface area contributed by atoms with Gasteiger partial charge in [-0.2, -0.15) is 5.10 Å². The SMILES string of the molecule is CC1Cc2c(Br)nn(C)c2CN1. The van der Waals surface area contributed by atoms with Crippen LogP contribution >= 0.6 is 15.9 Å². The van der Waals surface area contributed by atoms with Gasteiger partial charge in [0.15, 0.2) is 0 Å². The van der Waals surface area contributed by atoms with E-state index in [0.717, 1.165) is 17.6 Å². The van der Waals surface area contributed by atoms with Crippen LogP contribution in [-0.4, -0.2) is 15.8 Å². The van der Waals surface area contributed by atoms with Crippen LogP contribution < -0.4 is 5.32 Å². The van der Waals surface area contributed by atoms with Crippen molar-refractivity contribution >= 4 is 15.9 Å². The molecule has 0 spiro atoms. The zero-order valence-electron chi connectivity index (χ0n) is 7.26. The molecule has 2 heterocycles. The molecule has 0 aliphatic carbocycles. The van der Waals surface area contributed by atoms with Gasteiger partial charge in [0, 0.05) is 25.2 Å². The first-order valence-electron chi connectivity index (χ1n) is 4.12. The van der Waals surface area contributed by atoms with Crippen molar-refractivity contribution in [1.29, 1.82) is 0 Å². The third kappa shape index (κ3) is 1.19. The number of halogens is 1. The van der Waals surface area contributed by atoms with Crippen molar-refractivity contribution in [3.05, 3.63) is 15.9 Å². The van der Waals surface area contributed by atoms with E-state index in [1.807, 2.05) is 11.7 Å². The van der Waals surface area contributed by atoms with Gasteiger partial charge in [0.25, 0.3) is 0 Å². The number of nitrogens with zero attached hydrogens (tertiary/aromatic N) is 2. The van der Waals surface area contributed by atoms with Crippen molar-refractivity contribution in [2.24, 2.45) is 7.05 Å². The van der Waals surface area contributed by atoms with Crippen LogP contribution in [0.2, 0.25) is 0 Å². The highest BCUT2D eigenvalue weighted by Gasteiger charge is 2.20. The lowest BCUT2D eigenvalue weighted by atomic mass is 10.0. The molecule has 1 aromatic rings. The zero-order valence-corrected chi connectivity index (χ0v) is 8.85. The predicted octanol–water partition coefficient (Wildman–Crippen LogP) is 1.22. The molecule has 1 unspecified atom stereocenters. The molecule has 4 heteroatoms. The molecule has 0 bridgehead atoms. The zero-order chi connectivity index (χ0) is 8.72. The topological polar surface area (TPSA) is 29.9 Å². The van der Waals surface area contributed by atoms with E-state index in [-0.39, 0.29) is 0 Å². The van der Waals surface area contributed by atoms with Crippen molar-refractivity contribution in [3.8, 4) is 0 Å². The fraction of sp³-hybridized carbons (Fsp3) is 0.625. The molecule has 0 fully saturated rings. The Morgan fingerprint density at radius 3 is 3.17 bits per heavy atom. The van der Waals surface area contributed by atoms with E-state index < -0.39 is 0 Å². The van der Waals surface area contributed by atoms with Gasteiger partial charge in [-0.25, -0.2) is 0 Å². The van der Waals surface area contributed by atoms with Gasteiger partial charge >= 0.3 is 0 Å². The van der Waals surface area contributed by atoms with E-state index >= 15 is 0 Å². The second-order valence-electron chi connectivity index (χ2n) is 3.33. The number of hydrogen-bond donors (Lipinski definition) is 1. The highest BCUT2D eigenvalue weighted by Crippen LogP contribution is 2.23. The van der Waals surface area contributed by atoms with E-state index in [4.69, 9.17) is 0 Å². The van der Waals surface area contributed by atoms with Crippen LogP contribution in [0.25, 0.3) is 0 Å². The summed E-state index contributed by atoms with van der Waals surface area (Å²) in [6.45, 7) is 3.13. The normalized spacial score (nSPS) is 22.4. The van der Waals surface area contributed by atoms with Crippen molar-refractivity contribution in [2.75, 3.05) is 0 Å². The average molecular weight is 230 g/mol. The van der Waals surface area contributed by atoms with Crippen LogP contribution in [0, 0.1) is 0 Å². The number of nitrogens with one attached hydrogen (secondary N) is 1. The van der Waals surface area contributed by atoms with Crippen LogP contribution in [0.15, 0.2) is 4.60 Å². The van der Waals surface area contributed by atoms with Crippen molar-refractivity contribution < 1.29 is 0 Å². The summed E-state index contributed by atoms with van der Waals surface area (Å²) in [5.41, 5.74) is 2.67. The molecular formula is C8H12BrN3. The van der Waals surface area contributed by atoms with Gasteiger partial charge in [-0.1, -0.05) is 0 Å². The molecule has 0 saturated heterocycles. The molecule has 1 atom stereocenters. The molecule has 2 rings (SSSR count). The lowest BCUT2D eigenvalue weighted by Crippen LogP contribution is -2.33. The van der Waals surface area contributed by atoms with E-state index in [1.165, 1.54) is 11.3 Å². The predicted molar refractivity (Wildman–Crippen MR) is 50.9 cm³/mol. The monoisotopic (exact) mass is 229 g/mol. The van der Waals surface area contributed by atoms with E-state index in [0.29, 0.717) is 6.04 Å². The van der Waals surface area contributed by atoms with Crippen molar-refractivity contribution in [3.63, 3.8) is 0 Å². The van der Waals surface area contributed by atoms with E-state index in [9.17, 15) is 0 Å². The third-order valence-electron chi connectivity index (χ3n) is 2.35. The average Bonchev–Trinajstić information content (AvgIpc) is 2.28. The Hall–Kier alpha value is -0.350. The molecule has 0 amide bonds. The minimum Gasteiger partial charge on any atom is -0.308 e. The Kier molecular flexibility index (Phi) is 1.96. The Morgan fingerprint density at radius 2 is 2.42 bits per heavy atom. The molecule has 1 N–H and O–H groups in total. The fourth-order valence-corrected chi connectivity index (χ4v) is 2.27.